The first-order valence-corrected chi connectivity index (χ1v) is 8.15. The number of carboxylic acid groups (broad SMARTS) is 1. The van der Waals surface area contributed by atoms with Crippen molar-refractivity contribution in [2.24, 2.45) is 0 Å². The molecule has 9 nitrogen and oxygen atoms in total. The van der Waals surface area contributed by atoms with E-state index in [1.165, 1.54) is 33.4 Å². The van der Waals surface area contributed by atoms with Crippen molar-refractivity contribution in [2.75, 3.05) is 39.4 Å². The van der Waals surface area contributed by atoms with Gasteiger partial charge in [-0.2, -0.15) is 4.31 Å². The van der Waals surface area contributed by atoms with Gasteiger partial charge in [0.15, 0.2) is 11.5 Å². The lowest BCUT2D eigenvalue weighted by atomic mass is 10.1. The predicted octanol–water partition coefficient (Wildman–Crippen LogP) is 0.232. The first kappa shape index (κ1) is 18.7. The lowest BCUT2D eigenvalue weighted by Crippen LogP contribution is -2.34. The molecule has 10 heteroatoms. The Morgan fingerprint density at radius 2 is 1.87 bits per heavy atom. The van der Waals surface area contributed by atoms with E-state index in [0.717, 1.165) is 10.6 Å². The largest absolute Gasteiger partial charge is 0.493 e. The summed E-state index contributed by atoms with van der Waals surface area (Å²) in [6, 6.07) is 2.45. The molecule has 1 aromatic rings. The summed E-state index contributed by atoms with van der Waals surface area (Å²) in [5.74, 6) is -1.61. The van der Waals surface area contributed by atoms with Gasteiger partial charge in [-0.15, -0.1) is 0 Å². The number of methoxy groups -OCH3 is 2. The number of aromatic carboxylic acids is 1. The Balaban J connectivity index is 3.13. The highest BCUT2D eigenvalue weighted by atomic mass is 32.2. The summed E-state index contributed by atoms with van der Waals surface area (Å²) in [7, 11) is 0.388. The molecule has 0 aromatic heterocycles. The van der Waals surface area contributed by atoms with Crippen molar-refractivity contribution in [1.29, 1.82) is 0 Å². The van der Waals surface area contributed by atoms with Crippen LogP contribution in [0.15, 0.2) is 12.1 Å². The Hall–Kier alpha value is -2.33. The van der Waals surface area contributed by atoms with Gasteiger partial charge in [-0.25, -0.2) is 13.2 Å². The Bertz CT molecular complexity index is 715. The van der Waals surface area contributed by atoms with Crippen LogP contribution in [0.2, 0.25) is 0 Å². The van der Waals surface area contributed by atoms with Crippen LogP contribution in [0, 0.1) is 0 Å². The van der Waals surface area contributed by atoms with Crippen LogP contribution in [0.25, 0.3) is 0 Å². The zero-order chi connectivity index (χ0) is 17.8. The van der Waals surface area contributed by atoms with Crippen LogP contribution in [0.3, 0.4) is 0 Å². The Morgan fingerprint density at radius 3 is 2.30 bits per heavy atom. The molecule has 0 saturated heterocycles. The molecule has 0 aliphatic carbocycles. The third-order valence-electron chi connectivity index (χ3n) is 2.93. The number of nitrogens with one attached hydrogen (secondary N) is 1. The van der Waals surface area contributed by atoms with Gasteiger partial charge in [0, 0.05) is 7.05 Å². The number of benzene rings is 1. The zero-order valence-corrected chi connectivity index (χ0v) is 13.9. The Labute approximate surface area is 133 Å². The molecular formula is C13H18N2O7S. The first-order chi connectivity index (χ1) is 10.6. The normalized spacial score (nSPS) is 11.2. The van der Waals surface area contributed by atoms with Crippen molar-refractivity contribution in [2.45, 2.75) is 0 Å². The van der Waals surface area contributed by atoms with Crippen molar-refractivity contribution in [3.05, 3.63) is 17.7 Å². The fraction of sp³-hybridized carbons (Fsp3) is 0.385. The highest BCUT2D eigenvalue weighted by Gasteiger charge is 2.20. The molecule has 0 aliphatic rings. The highest BCUT2D eigenvalue weighted by Crippen LogP contribution is 2.36. The number of sulfonamides is 1. The molecule has 2 N–H and O–H groups in total. The second-order valence-electron chi connectivity index (χ2n) is 4.63. The van der Waals surface area contributed by atoms with Crippen LogP contribution >= 0.6 is 0 Å². The third-order valence-corrected chi connectivity index (χ3v) is 4.19. The maximum atomic E-state index is 12.0. The van der Waals surface area contributed by atoms with Gasteiger partial charge < -0.3 is 19.9 Å². The van der Waals surface area contributed by atoms with Crippen molar-refractivity contribution in [1.82, 2.24) is 4.31 Å². The minimum atomic E-state index is -3.52. The second kappa shape index (κ2) is 7.29. The number of rotatable bonds is 7. The van der Waals surface area contributed by atoms with Crippen LogP contribution in [-0.4, -0.2) is 63.8 Å². The van der Waals surface area contributed by atoms with Crippen molar-refractivity contribution in [3.8, 4) is 11.5 Å². The van der Waals surface area contributed by atoms with E-state index in [4.69, 9.17) is 14.6 Å². The Kier molecular flexibility index (Phi) is 5.93. The number of nitrogens with zero attached hydrogens (tertiary/aromatic N) is 1. The fourth-order valence-corrected chi connectivity index (χ4v) is 2.04. The van der Waals surface area contributed by atoms with Gasteiger partial charge in [0.05, 0.1) is 38.3 Å². The van der Waals surface area contributed by atoms with Gasteiger partial charge in [-0.1, -0.05) is 0 Å². The molecule has 0 spiro atoms. The molecule has 0 heterocycles. The summed E-state index contributed by atoms with van der Waals surface area (Å²) in [5.41, 5.74) is -0.0504. The maximum Gasteiger partial charge on any atom is 0.335 e. The topological polar surface area (TPSA) is 122 Å². The van der Waals surface area contributed by atoms with Gasteiger partial charge >= 0.3 is 5.97 Å². The molecule has 0 aliphatic heterocycles. The smallest absolute Gasteiger partial charge is 0.335 e. The predicted molar refractivity (Wildman–Crippen MR) is 82.6 cm³/mol. The average molecular weight is 346 g/mol. The SMILES string of the molecule is COc1cc(C(=O)O)cc(NC(=O)CN(C)S(C)(=O)=O)c1OC. The van der Waals surface area contributed by atoms with Crippen LogP contribution in [0.5, 0.6) is 11.5 Å². The van der Waals surface area contributed by atoms with Gasteiger partial charge in [0.2, 0.25) is 15.9 Å². The van der Waals surface area contributed by atoms with Crippen LogP contribution < -0.4 is 14.8 Å². The number of hydrogen-bond donors (Lipinski definition) is 2. The quantitative estimate of drug-likeness (QED) is 0.724. The van der Waals surface area contributed by atoms with Gasteiger partial charge in [0.25, 0.3) is 0 Å². The molecular weight excluding hydrogens is 328 g/mol. The average Bonchev–Trinajstić information content (AvgIpc) is 2.44. The van der Waals surface area contributed by atoms with E-state index < -0.39 is 28.4 Å². The molecule has 1 aromatic carbocycles. The van der Waals surface area contributed by atoms with Crippen LogP contribution in [0.1, 0.15) is 10.4 Å². The molecule has 0 fully saturated rings. The third kappa shape index (κ3) is 4.83. The molecule has 23 heavy (non-hydrogen) atoms. The van der Waals surface area contributed by atoms with E-state index in [0.29, 0.717) is 0 Å². The fourth-order valence-electron chi connectivity index (χ4n) is 1.69. The minimum absolute atomic E-state index is 0.0659. The molecule has 0 unspecified atom stereocenters. The molecule has 1 amide bonds. The Morgan fingerprint density at radius 1 is 1.26 bits per heavy atom. The summed E-state index contributed by atoms with van der Waals surface area (Å²) in [5, 5.41) is 11.5. The maximum absolute atomic E-state index is 12.0. The minimum Gasteiger partial charge on any atom is -0.493 e. The van der Waals surface area contributed by atoms with Crippen molar-refractivity contribution >= 4 is 27.6 Å². The van der Waals surface area contributed by atoms with E-state index in [2.05, 4.69) is 5.32 Å². The van der Waals surface area contributed by atoms with Gasteiger partial charge in [-0.3, -0.25) is 4.79 Å². The lowest BCUT2D eigenvalue weighted by Gasteiger charge is -2.17. The lowest BCUT2D eigenvalue weighted by molar-refractivity contribution is -0.116. The zero-order valence-electron chi connectivity index (χ0n) is 13.1. The summed E-state index contributed by atoms with van der Waals surface area (Å²) in [4.78, 5) is 23.1. The van der Waals surface area contributed by atoms with Crippen molar-refractivity contribution < 1.29 is 32.6 Å². The molecule has 128 valence electrons. The van der Waals surface area contributed by atoms with Gasteiger partial charge in [-0.05, 0) is 12.1 Å². The van der Waals surface area contributed by atoms with E-state index in [9.17, 15) is 18.0 Å². The van der Waals surface area contributed by atoms with E-state index in [-0.39, 0.29) is 22.7 Å². The summed E-state index contributed by atoms with van der Waals surface area (Å²) in [6.45, 7) is -0.429. The molecule has 0 saturated carbocycles. The molecule has 0 radical (unpaired) electrons. The molecule has 0 bridgehead atoms. The summed E-state index contributed by atoms with van der Waals surface area (Å²) >= 11 is 0. The number of carbonyl (C=O) groups excluding carboxylic acids is 1. The second-order valence-corrected chi connectivity index (χ2v) is 6.72. The van der Waals surface area contributed by atoms with Crippen molar-refractivity contribution in [3.63, 3.8) is 0 Å². The number of anilines is 1. The number of carbonyl (C=O) groups is 2. The molecule has 1 rings (SSSR count). The number of likely N-dealkylation sites (N-methyl/N-ethyl adjacent to an activating group) is 1. The first-order valence-electron chi connectivity index (χ1n) is 6.30. The standard InChI is InChI=1S/C13H18N2O7S/c1-15(23(4,19)20)7-11(16)14-9-5-8(13(17)18)6-10(21-2)12(9)22-3/h5-6H,7H2,1-4H3,(H,14,16)(H,17,18). The highest BCUT2D eigenvalue weighted by molar-refractivity contribution is 7.88. The van der Waals surface area contributed by atoms with Gasteiger partial charge in [0.1, 0.15) is 0 Å². The number of hydrogen-bond acceptors (Lipinski definition) is 6. The van der Waals surface area contributed by atoms with E-state index >= 15 is 0 Å². The van der Waals surface area contributed by atoms with Crippen LogP contribution in [-0.2, 0) is 14.8 Å². The van der Waals surface area contributed by atoms with E-state index in [1.54, 1.807) is 0 Å². The monoisotopic (exact) mass is 346 g/mol. The molecule has 0 atom stereocenters. The van der Waals surface area contributed by atoms with Crippen LogP contribution in [0.4, 0.5) is 5.69 Å². The number of carboxylic acids is 1. The number of amides is 1. The van der Waals surface area contributed by atoms with E-state index in [1.807, 2.05) is 0 Å². The summed E-state index contributed by atoms with van der Waals surface area (Å²) in [6.07, 6.45) is 0.967. The summed E-state index contributed by atoms with van der Waals surface area (Å²) < 4.78 is 33.6. The number of ether oxygens (including phenoxy) is 2.